The zero-order valence-electron chi connectivity index (χ0n) is 16.6. The minimum Gasteiger partial charge on any atom is -0.398 e. The highest BCUT2D eigenvalue weighted by Crippen LogP contribution is 2.34. The number of aromatic nitrogens is 2. The van der Waals surface area contributed by atoms with E-state index in [4.69, 9.17) is 5.73 Å². The molecule has 2 aromatic heterocycles. The second-order valence-corrected chi connectivity index (χ2v) is 8.62. The van der Waals surface area contributed by atoms with Gasteiger partial charge in [0.2, 0.25) is 0 Å². The topological polar surface area (TPSA) is 99.1 Å². The normalized spacial score (nSPS) is 18.2. The molecule has 1 aromatic carbocycles. The summed E-state index contributed by atoms with van der Waals surface area (Å²) in [5.74, 6) is 0.624. The second kappa shape index (κ2) is 7.63. The van der Waals surface area contributed by atoms with Crippen molar-refractivity contribution in [2.24, 2.45) is 0 Å². The predicted octanol–water partition coefficient (Wildman–Crippen LogP) is 3.41. The van der Waals surface area contributed by atoms with E-state index in [0.717, 1.165) is 22.1 Å². The molecule has 0 unspecified atom stereocenters. The van der Waals surface area contributed by atoms with Crippen molar-refractivity contribution in [1.29, 1.82) is 5.26 Å². The largest absolute Gasteiger partial charge is 0.398 e. The molecule has 2 N–H and O–H groups in total. The summed E-state index contributed by atoms with van der Waals surface area (Å²) in [6.45, 7) is 1.53. The number of anilines is 3. The summed E-state index contributed by atoms with van der Waals surface area (Å²) in [5, 5.41) is 9.96. The molecule has 0 radical (unpaired) electrons. The second-order valence-electron chi connectivity index (χ2n) is 7.62. The maximum absolute atomic E-state index is 13.5. The number of nitriles is 1. The van der Waals surface area contributed by atoms with Crippen molar-refractivity contribution >= 4 is 34.4 Å². The summed E-state index contributed by atoms with van der Waals surface area (Å²) in [6, 6.07) is 10.9. The molecule has 1 atom stereocenters. The fourth-order valence-electron chi connectivity index (χ4n) is 3.93. The van der Waals surface area contributed by atoms with Gasteiger partial charge in [-0.1, -0.05) is 0 Å². The molecule has 0 saturated carbocycles. The molecule has 2 aliphatic heterocycles. The highest BCUT2D eigenvalue weighted by molar-refractivity contribution is 7.17. The van der Waals surface area contributed by atoms with Crippen LogP contribution in [0.1, 0.15) is 27.3 Å². The lowest BCUT2D eigenvalue weighted by Crippen LogP contribution is -2.37. The third-order valence-electron chi connectivity index (χ3n) is 5.63. The van der Waals surface area contributed by atoms with Gasteiger partial charge < -0.3 is 15.5 Å². The van der Waals surface area contributed by atoms with Gasteiger partial charge in [-0.2, -0.15) is 5.26 Å². The highest BCUT2D eigenvalue weighted by atomic mass is 32.1. The van der Waals surface area contributed by atoms with Crippen LogP contribution in [0.4, 0.5) is 21.6 Å². The number of carbonyl (C=O) groups is 1. The van der Waals surface area contributed by atoms with Crippen LogP contribution in [0.15, 0.2) is 36.5 Å². The van der Waals surface area contributed by atoms with Gasteiger partial charge in [-0.25, -0.2) is 14.4 Å². The molecule has 3 aromatic rings. The summed E-state index contributed by atoms with van der Waals surface area (Å²) in [6.07, 6.45) is 2.09. The first-order valence-corrected chi connectivity index (χ1v) is 10.8. The average Bonchev–Trinajstić information content (AvgIpc) is 3.42. The minimum atomic E-state index is -0.800. The first-order chi connectivity index (χ1) is 15.0. The molecule has 31 heavy (non-hydrogen) atoms. The molecular formula is C22H19FN6OS. The Hall–Kier alpha value is -3.51. The quantitative estimate of drug-likeness (QED) is 0.634. The Balaban J connectivity index is 1.39. The SMILES string of the molecule is N#Cc1cc(N2CCc3nc(-c4ccc(N5CC[C@H](F)C5)nc4)sc3C2=O)ccc1N. The fourth-order valence-corrected chi connectivity index (χ4v) is 4.99. The number of alkyl halides is 1. The third kappa shape index (κ3) is 3.49. The number of fused-ring (bicyclic) bond motifs is 1. The van der Waals surface area contributed by atoms with Gasteiger partial charge in [0.05, 0.1) is 17.8 Å². The number of carbonyl (C=O) groups excluding carboxylic acids is 1. The van der Waals surface area contributed by atoms with Crippen molar-refractivity contribution in [1.82, 2.24) is 9.97 Å². The maximum atomic E-state index is 13.5. The van der Waals surface area contributed by atoms with E-state index >= 15 is 0 Å². The number of benzene rings is 1. The Bertz CT molecular complexity index is 1200. The van der Waals surface area contributed by atoms with E-state index in [9.17, 15) is 14.4 Å². The molecule has 0 aliphatic carbocycles. The Kier molecular flexibility index (Phi) is 4.79. The van der Waals surface area contributed by atoms with Crippen LogP contribution in [0.2, 0.25) is 0 Å². The van der Waals surface area contributed by atoms with Crippen LogP contribution in [-0.2, 0) is 6.42 Å². The molecular weight excluding hydrogens is 415 g/mol. The summed E-state index contributed by atoms with van der Waals surface area (Å²) < 4.78 is 13.5. The van der Waals surface area contributed by atoms with E-state index in [-0.39, 0.29) is 5.91 Å². The number of halogens is 1. The van der Waals surface area contributed by atoms with Gasteiger partial charge in [-0.05, 0) is 36.8 Å². The van der Waals surface area contributed by atoms with Crippen LogP contribution in [0.3, 0.4) is 0 Å². The van der Waals surface area contributed by atoms with E-state index in [1.165, 1.54) is 11.3 Å². The molecule has 156 valence electrons. The summed E-state index contributed by atoms with van der Waals surface area (Å²) in [4.78, 5) is 26.5. The fraction of sp³-hybridized carbons (Fsp3) is 0.273. The zero-order valence-corrected chi connectivity index (χ0v) is 17.4. The Morgan fingerprint density at radius 3 is 2.84 bits per heavy atom. The average molecular weight is 435 g/mol. The highest BCUT2D eigenvalue weighted by Gasteiger charge is 2.30. The van der Waals surface area contributed by atoms with Crippen LogP contribution < -0.4 is 15.5 Å². The number of nitrogens with zero attached hydrogens (tertiary/aromatic N) is 5. The Morgan fingerprint density at radius 1 is 1.26 bits per heavy atom. The van der Waals surface area contributed by atoms with E-state index in [2.05, 4.69) is 16.0 Å². The molecule has 1 saturated heterocycles. The Labute approximate surface area is 182 Å². The number of hydrogen-bond acceptors (Lipinski definition) is 7. The summed E-state index contributed by atoms with van der Waals surface area (Å²) >= 11 is 1.34. The molecule has 4 heterocycles. The zero-order chi connectivity index (χ0) is 21.5. The predicted molar refractivity (Wildman–Crippen MR) is 118 cm³/mol. The number of nitrogens with two attached hydrogens (primary N) is 1. The maximum Gasteiger partial charge on any atom is 0.270 e. The molecule has 1 amide bonds. The van der Waals surface area contributed by atoms with Crippen LogP contribution in [0, 0.1) is 11.3 Å². The molecule has 2 aliphatic rings. The van der Waals surface area contributed by atoms with Crippen molar-refractivity contribution in [3.8, 4) is 16.6 Å². The summed E-state index contributed by atoms with van der Waals surface area (Å²) in [5.41, 5.74) is 8.81. The standard InChI is InChI=1S/C22H19FN6OS/c23-15-5-7-28(12-15)19-4-1-13(11-26-19)21-27-18-6-8-29(22(30)20(18)31-21)16-2-3-17(25)14(9-16)10-24/h1-4,9,11,15H,5-8,12,25H2/t15-/m0/s1. The monoisotopic (exact) mass is 434 g/mol. The number of amides is 1. The third-order valence-corrected chi connectivity index (χ3v) is 6.76. The number of nitrogen functional groups attached to an aromatic ring is 1. The van der Waals surface area contributed by atoms with Crippen molar-refractivity contribution in [3.05, 3.63) is 52.7 Å². The van der Waals surface area contributed by atoms with Crippen LogP contribution in [-0.4, -0.2) is 41.7 Å². The van der Waals surface area contributed by atoms with E-state index in [1.54, 1.807) is 29.3 Å². The number of rotatable bonds is 3. The molecule has 0 spiro atoms. The van der Waals surface area contributed by atoms with Gasteiger partial charge in [0.25, 0.3) is 5.91 Å². The van der Waals surface area contributed by atoms with Gasteiger partial charge in [0.1, 0.15) is 27.9 Å². The lowest BCUT2D eigenvalue weighted by atomic mass is 10.1. The minimum absolute atomic E-state index is 0.130. The van der Waals surface area contributed by atoms with E-state index < -0.39 is 6.17 Å². The lowest BCUT2D eigenvalue weighted by molar-refractivity contribution is 0.0984. The molecule has 9 heteroatoms. The summed E-state index contributed by atoms with van der Waals surface area (Å²) in [7, 11) is 0. The van der Waals surface area contributed by atoms with Gasteiger partial charge in [-0.15, -0.1) is 11.3 Å². The van der Waals surface area contributed by atoms with Crippen LogP contribution in [0.5, 0.6) is 0 Å². The van der Waals surface area contributed by atoms with Gasteiger partial charge in [0, 0.05) is 42.6 Å². The number of hydrogen-bond donors (Lipinski definition) is 1. The smallest absolute Gasteiger partial charge is 0.270 e. The van der Waals surface area contributed by atoms with Crippen LogP contribution >= 0.6 is 11.3 Å². The first kappa shape index (κ1) is 19.5. The van der Waals surface area contributed by atoms with Crippen molar-refractivity contribution in [3.63, 3.8) is 0 Å². The molecule has 5 rings (SSSR count). The number of pyridine rings is 1. The van der Waals surface area contributed by atoms with Crippen molar-refractivity contribution < 1.29 is 9.18 Å². The van der Waals surface area contributed by atoms with Crippen LogP contribution in [0.25, 0.3) is 10.6 Å². The number of thiazole rings is 1. The molecule has 0 bridgehead atoms. The van der Waals surface area contributed by atoms with E-state index in [0.29, 0.717) is 54.3 Å². The first-order valence-electron chi connectivity index (χ1n) is 10.00. The van der Waals surface area contributed by atoms with E-state index in [1.807, 2.05) is 17.0 Å². The Morgan fingerprint density at radius 2 is 2.13 bits per heavy atom. The molecule has 1 fully saturated rings. The van der Waals surface area contributed by atoms with Gasteiger partial charge >= 0.3 is 0 Å². The van der Waals surface area contributed by atoms with Crippen molar-refractivity contribution in [2.75, 3.05) is 35.2 Å². The van der Waals surface area contributed by atoms with Gasteiger partial charge in [0.15, 0.2) is 0 Å². The lowest BCUT2D eigenvalue weighted by Gasteiger charge is -2.26. The molecule has 7 nitrogen and oxygen atoms in total. The van der Waals surface area contributed by atoms with Crippen molar-refractivity contribution in [2.45, 2.75) is 19.0 Å². The van der Waals surface area contributed by atoms with Gasteiger partial charge in [-0.3, -0.25) is 4.79 Å².